The van der Waals surface area contributed by atoms with Crippen LogP contribution in [0.2, 0.25) is 5.04 Å². The van der Waals surface area contributed by atoms with Crippen LogP contribution in [0.3, 0.4) is 0 Å². The summed E-state index contributed by atoms with van der Waals surface area (Å²) in [5.41, 5.74) is 0. The van der Waals surface area contributed by atoms with Gasteiger partial charge in [0.1, 0.15) is 5.75 Å². The molecule has 1 atom stereocenters. The summed E-state index contributed by atoms with van der Waals surface area (Å²) in [5.74, 6) is 0.796. The number of hydrogen-bond donors (Lipinski definition) is 0. The molecule has 0 heterocycles. The summed E-state index contributed by atoms with van der Waals surface area (Å²) in [5, 5.41) is -0.159. The molecule has 3 nitrogen and oxygen atoms in total. The van der Waals surface area contributed by atoms with Crippen molar-refractivity contribution in [3.05, 3.63) is 30.3 Å². The minimum atomic E-state index is -2.71. The average molecular weight is 254 g/mol. The summed E-state index contributed by atoms with van der Waals surface area (Å²) < 4.78 is 17.5. The lowest BCUT2D eigenvalue weighted by molar-refractivity contribution is 0.112. The Morgan fingerprint density at radius 2 is 1.71 bits per heavy atom. The van der Waals surface area contributed by atoms with Crippen molar-refractivity contribution in [3.8, 4) is 5.75 Å². The van der Waals surface area contributed by atoms with Crippen molar-refractivity contribution in [2.45, 2.75) is 32.7 Å². The normalized spacial score (nSPS) is 15.4. The molecule has 0 spiro atoms. The Labute approximate surface area is 105 Å². The van der Waals surface area contributed by atoms with Crippen molar-refractivity contribution in [2.24, 2.45) is 0 Å². The van der Waals surface area contributed by atoms with Crippen LogP contribution in [-0.2, 0) is 8.85 Å². The summed E-state index contributed by atoms with van der Waals surface area (Å²) in [4.78, 5) is 0. The van der Waals surface area contributed by atoms with Crippen molar-refractivity contribution in [1.29, 1.82) is 0 Å². The second-order valence-corrected chi connectivity index (χ2v) is 8.37. The van der Waals surface area contributed by atoms with Gasteiger partial charge in [0.05, 0.1) is 0 Å². The Hall–Kier alpha value is -0.843. The summed E-state index contributed by atoms with van der Waals surface area (Å²) in [6, 6.07) is 9.69. The van der Waals surface area contributed by atoms with Gasteiger partial charge in [-0.15, -0.1) is 0 Å². The van der Waals surface area contributed by atoms with Gasteiger partial charge in [0.15, 0.2) is 0 Å². The van der Waals surface area contributed by atoms with Crippen LogP contribution in [0.1, 0.15) is 27.7 Å². The highest BCUT2D eigenvalue weighted by Crippen LogP contribution is 2.38. The highest BCUT2D eigenvalue weighted by atomic mass is 28.4. The molecule has 0 aliphatic rings. The molecule has 0 saturated carbocycles. The Balaban J connectivity index is 2.98. The number of para-hydroxylation sites is 1. The predicted molar refractivity (Wildman–Crippen MR) is 71.2 cm³/mol. The Kier molecular flexibility index (Phi) is 4.74. The van der Waals surface area contributed by atoms with E-state index in [9.17, 15) is 0 Å². The van der Waals surface area contributed by atoms with Crippen LogP contribution in [0.4, 0.5) is 0 Å². The van der Waals surface area contributed by atoms with Gasteiger partial charge in [-0.2, -0.15) is 0 Å². The SMILES string of the molecule is CCO[Si](OC)(Oc1ccccc1)C(C)(C)C. The number of benzene rings is 1. The van der Waals surface area contributed by atoms with Gasteiger partial charge < -0.3 is 13.3 Å². The third kappa shape index (κ3) is 3.31. The molecule has 1 unspecified atom stereocenters. The van der Waals surface area contributed by atoms with Crippen LogP contribution in [0.15, 0.2) is 30.3 Å². The third-order valence-corrected chi connectivity index (χ3v) is 6.06. The van der Waals surface area contributed by atoms with Crippen LogP contribution < -0.4 is 4.43 Å². The summed E-state index contributed by atoms with van der Waals surface area (Å²) in [7, 11) is -1.05. The maximum Gasteiger partial charge on any atom is 0.571 e. The van der Waals surface area contributed by atoms with Gasteiger partial charge >= 0.3 is 8.80 Å². The van der Waals surface area contributed by atoms with Crippen molar-refractivity contribution < 1.29 is 13.3 Å². The molecular formula is C13H22O3Si. The van der Waals surface area contributed by atoms with Crippen LogP contribution >= 0.6 is 0 Å². The lowest BCUT2D eigenvalue weighted by Gasteiger charge is -2.37. The largest absolute Gasteiger partial charge is 0.571 e. The van der Waals surface area contributed by atoms with E-state index in [4.69, 9.17) is 13.3 Å². The van der Waals surface area contributed by atoms with Crippen LogP contribution in [0.5, 0.6) is 5.75 Å². The quantitative estimate of drug-likeness (QED) is 0.753. The van der Waals surface area contributed by atoms with E-state index in [1.807, 2.05) is 37.3 Å². The Morgan fingerprint density at radius 3 is 2.12 bits per heavy atom. The number of hydrogen-bond acceptors (Lipinski definition) is 3. The smallest absolute Gasteiger partial charge is 0.500 e. The molecule has 96 valence electrons. The maximum atomic E-state index is 6.05. The predicted octanol–water partition coefficient (Wildman–Crippen LogP) is 3.49. The highest BCUT2D eigenvalue weighted by Gasteiger charge is 2.54. The van der Waals surface area contributed by atoms with E-state index >= 15 is 0 Å². The van der Waals surface area contributed by atoms with E-state index in [1.54, 1.807) is 7.11 Å². The molecule has 0 N–H and O–H groups in total. The molecule has 0 radical (unpaired) electrons. The molecule has 0 bridgehead atoms. The van der Waals surface area contributed by atoms with Gasteiger partial charge in [0.25, 0.3) is 0 Å². The van der Waals surface area contributed by atoms with E-state index in [1.165, 1.54) is 0 Å². The lowest BCUT2D eigenvalue weighted by atomic mass is 10.3. The summed E-state index contributed by atoms with van der Waals surface area (Å²) >= 11 is 0. The van der Waals surface area contributed by atoms with E-state index in [2.05, 4.69) is 20.8 Å². The molecule has 17 heavy (non-hydrogen) atoms. The van der Waals surface area contributed by atoms with E-state index in [0.29, 0.717) is 6.61 Å². The van der Waals surface area contributed by atoms with Crippen molar-refractivity contribution in [2.75, 3.05) is 13.7 Å². The molecule has 0 aromatic heterocycles. The zero-order valence-corrected chi connectivity index (χ0v) is 12.3. The lowest BCUT2D eigenvalue weighted by Crippen LogP contribution is -2.55. The van der Waals surface area contributed by atoms with Crippen molar-refractivity contribution in [3.63, 3.8) is 0 Å². The second-order valence-electron chi connectivity index (χ2n) is 4.86. The first-order valence-corrected chi connectivity index (χ1v) is 7.61. The molecule has 4 heteroatoms. The molecule has 1 aromatic carbocycles. The first kappa shape index (κ1) is 14.2. The summed E-state index contributed by atoms with van der Waals surface area (Å²) in [6.07, 6.45) is 0. The molecule has 0 fully saturated rings. The highest BCUT2D eigenvalue weighted by molar-refractivity contribution is 6.64. The Morgan fingerprint density at radius 1 is 1.12 bits per heavy atom. The fraction of sp³-hybridized carbons (Fsp3) is 0.538. The molecule has 1 rings (SSSR count). The molecule has 0 amide bonds. The fourth-order valence-corrected chi connectivity index (χ4v) is 4.08. The zero-order chi connectivity index (χ0) is 12.9. The van der Waals surface area contributed by atoms with E-state index in [0.717, 1.165) is 5.75 Å². The van der Waals surface area contributed by atoms with Crippen LogP contribution in [-0.4, -0.2) is 22.5 Å². The van der Waals surface area contributed by atoms with Gasteiger partial charge in [-0.25, -0.2) is 0 Å². The topological polar surface area (TPSA) is 27.7 Å². The van der Waals surface area contributed by atoms with Gasteiger partial charge in [-0.3, -0.25) is 0 Å². The summed E-state index contributed by atoms with van der Waals surface area (Å²) in [6.45, 7) is 8.80. The zero-order valence-electron chi connectivity index (χ0n) is 11.3. The standard InChI is InChI=1S/C13H22O3Si/c1-6-15-17(14-5,13(2,3)4)16-12-10-8-7-9-11-12/h7-11H,6H2,1-5H3. The molecule has 0 saturated heterocycles. The molecule has 0 aliphatic carbocycles. The van der Waals surface area contributed by atoms with Crippen molar-refractivity contribution in [1.82, 2.24) is 0 Å². The average Bonchev–Trinajstić information content (AvgIpc) is 2.28. The van der Waals surface area contributed by atoms with Crippen LogP contribution in [0, 0.1) is 0 Å². The monoisotopic (exact) mass is 254 g/mol. The fourth-order valence-electron chi connectivity index (χ4n) is 1.64. The van der Waals surface area contributed by atoms with E-state index < -0.39 is 8.80 Å². The van der Waals surface area contributed by atoms with Gasteiger partial charge in [-0.05, 0) is 19.1 Å². The molecule has 1 aromatic rings. The maximum absolute atomic E-state index is 6.05. The minimum absolute atomic E-state index is 0.159. The third-order valence-electron chi connectivity index (χ3n) is 2.52. The Bertz CT molecular complexity index is 334. The second kappa shape index (κ2) is 5.66. The number of rotatable bonds is 5. The first-order valence-electron chi connectivity index (χ1n) is 5.88. The first-order chi connectivity index (χ1) is 7.95. The van der Waals surface area contributed by atoms with E-state index in [-0.39, 0.29) is 5.04 Å². The van der Waals surface area contributed by atoms with Gasteiger partial charge in [0, 0.05) is 18.8 Å². The van der Waals surface area contributed by atoms with Gasteiger partial charge in [0.2, 0.25) is 0 Å². The van der Waals surface area contributed by atoms with Crippen molar-refractivity contribution >= 4 is 8.80 Å². The minimum Gasteiger partial charge on any atom is -0.500 e. The molecule has 0 aliphatic heterocycles. The van der Waals surface area contributed by atoms with Gasteiger partial charge in [-0.1, -0.05) is 39.0 Å². The molecular weight excluding hydrogens is 232 g/mol. The van der Waals surface area contributed by atoms with Crippen LogP contribution in [0.25, 0.3) is 0 Å².